The topological polar surface area (TPSA) is 65.6 Å². The SMILES string of the molecule is COc1ccc2[nH]cc(C(=O)CN3CCCC[C@H]3CCO)c2c1. The summed E-state index contributed by atoms with van der Waals surface area (Å²) in [5.41, 5.74) is 1.66. The molecule has 1 atom stereocenters. The predicted octanol–water partition coefficient (Wildman–Crippen LogP) is 2.60. The molecule has 3 rings (SSSR count). The summed E-state index contributed by atoms with van der Waals surface area (Å²) in [7, 11) is 1.63. The average Bonchev–Trinajstić information content (AvgIpc) is 3.00. The summed E-state index contributed by atoms with van der Waals surface area (Å²) in [4.78, 5) is 18.2. The van der Waals surface area contributed by atoms with E-state index in [1.165, 1.54) is 6.42 Å². The van der Waals surface area contributed by atoms with E-state index in [0.29, 0.717) is 18.2 Å². The maximum atomic E-state index is 12.8. The summed E-state index contributed by atoms with van der Waals surface area (Å²) in [5.74, 6) is 0.872. The number of aliphatic hydroxyl groups is 1. The number of aliphatic hydroxyl groups excluding tert-OH is 1. The van der Waals surface area contributed by atoms with Crippen molar-refractivity contribution in [1.29, 1.82) is 0 Å². The van der Waals surface area contributed by atoms with Gasteiger partial charge in [0.05, 0.1) is 13.7 Å². The molecule has 0 amide bonds. The third kappa shape index (κ3) is 3.41. The van der Waals surface area contributed by atoms with Gasteiger partial charge in [0.1, 0.15) is 5.75 Å². The molecule has 1 aliphatic rings. The fourth-order valence-corrected chi connectivity index (χ4v) is 3.47. The number of aromatic nitrogens is 1. The normalized spacial score (nSPS) is 19.1. The minimum atomic E-state index is 0.120. The Labute approximate surface area is 136 Å². The number of likely N-dealkylation sites (tertiary alicyclic amines) is 1. The molecule has 1 aromatic carbocycles. The minimum absolute atomic E-state index is 0.120. The van der Waals surface area contributed by atoms with Gasteiger partial charge in [-0.25, -0.2) is 0 Å². The summed E-state index contributed by atoms with van der Waals surface area (Å²) in [6.07, 6.45) is 5.90. The first kappa shape index (κ1) is 16.0. The molecule has 0 bridgehead atoms. The lowest BCUT2D eigenvalue weighted by Crippen LogP contribution is -2.43. The Hall–Kier alpha value is -1.85. The van der Waals surface area contributed by atoms with Crippen LogP contribution in [0.4, 0.5) is 0 Å². The van der Waals surface area contributed by atoms with Crippen LogP contribution in [-0.2, 0) is 0 Å². The molecule has 1 aliphatic heterocycles. The molecule has 2 N–H and O–H groups in total. The fourth-order valence-electron chi connectivity index (χ4n) is 3.47. The van der Waals surface area contributed by atoms with Gasteiger partial charge in [0, 0.05) is 35.3 Å². The number of H-pyrrole nitrogens is 1. The number of carbonyl (C=O) groups excluding carboxylic acids is 1. The van der Waals surface area contributed by atoms with Crippen LogP contribution in [0.15, 0.2) is 24.4 Å². The molecule has 23 heavy (non-hydrogen) atoms. The smallest absolute Gasteiger partial charge is 0.178 e. The molecule has 0 radical (unpaired) electrons. The van der Waals surface area contributed by atoms with Gasteiger partial charge in [0.25, 0.3) is 0 Å². The van der Waals surface area contributed by atoms with Crippen LogP contribution in [0.2, 0.25) is 0 Å². The fraction of sp³-hybridized carbons (Fsp3) is 0.500. The first-order valence-corrected chi connectivity index (χ1v) is 8.26. The van der Waals surface area contributed by atoms with E-state index in [1.807, 2.05) is 18.2 Å². The van der Waals surface area contributed by atoms with E-state index in [4.69, 9.17) is 4.74 Å². The predicted molar refractivity (Wildman–Crippen MR) is 90.1 cm³/mol. The van der Waals surface area contributed by atoms with Gasteiger partial charge in [0.15, 0.2) is 5.78 Å². The molecule has 5 heteroatoms. The zero-order valence-corrected chi connectivity index (χ0v) is 13.5. The highest BCUT2D eigenvalue weighted by molar-refractivity contribution is 6.09. The van der Waals surface area contributed by atoms with Crippen LogP contribution in [0.1, 0.15) is 36.0 Å². The van der Waals surface area contributed by atoms with E-state index in [-0.39, 0.29) is 12.4 Å². The van der Waals surface area contributed by atoms with Gasteiger partial charge in [-0.2, -0.15) is 0 Å². The third-order valence-electron chi connectivity index (χ3n) is 4.75. The number of benzene rings is 1. The Kier molecular flexibility index (Phi) is 4.98. The maximum absolute atomic E-state index is 12.8. The van der Waals surface area contributed by atoms with Crippen LogP contribution in [0, 0.1) is 0 Å². The molecule has 5 nitrogen and oxygen atoms in total. The van der Waals surface area contributed by atoms with Gasteiger partial charge in [-0.1, -0.05) is 6.42 Å². The second-order valence-corrected chi connectivity index (χ2v) is 6.17. The molecule has 0 aliphatic carbocycles. The molecule has 1 aromatic heterocycles. The number of nitrogens with zero attached hydrogens (tertiary/aromatic N) is 1. The molecule has 1 saturated heterocycles. The average molecular weight is 316 g/mol. The second kappa shape index (κ2) is 7.15. The lowest BCUT2D eigenvalue weighted by molar-refractivity contribution is 0.0800. The van der Waals surface area contributed by atoms with E-state index in [0.717, 1.165) is 42.5 Å². The lowest BCUT2D eigenvalue weighted by Gasteiger charge is -2.34. The number of piperidine rings is 1. The highest BCUT2D eigenvalue weighted by Gasteiger charge is 2.25. The number of ether oxygens (including phenoxy) is 1. The van der Waals surface area contributed by atoms with Gasteiger partial charge in [-0.15, -0.1) is 0 Å². The van der Waals surface area contributed by atoms with Crippen molar-refractivity contribution in [1.82, 2.24) is 9.88 Å². The molecule has 124 valence electrons. The van der Waals surface area contributed by atoms with Crippen molar-refractivity contribution in [3.05, 3.63) is 30.0 Å². The second-order valence-electron chi connectivity index (χ2n) is 6.17. The lowest BCUT2D eigenvalue weighted by atomic mass is 9.98. The van der Waals surface area contributed by atoms with Crippen LogP contribution in [0.3, 0.4) is 0 Å². The van der Waals surface area contributed by atoms with Gasteiger partial charge < -0.3 is 14.8 Å². The Morgan fingerprint density at radius 3 is 3.09 bits per heavy atom. The molecule has 2 heterocycles. The molecule has 0 saturated carbocycles. The van der Waals surface area contributed by atoms with Crippen molar-refractivity contribution in [3.8, 4) is 5.75 Å². The number of carbonyl (C=O) groups is 1. The molecular formula is C18H24N2O3. The number of nitrogens with one attached hydrogen (secondary N) is 1. The van der Waals surface area contributed by atoms with Crippen molar-refractivity contribution in [2.45, 2.75) is 31.7 Å². The number of hydrogen-bond donors (Lipinski definition) is 2. The summed E-state index contributed by atoms with van der Waals surface area (Å²) >= 11 is 0. The summed E-state index contributed by atoms with van der Waals surface area (Å²) in [6, 6.07) is 6.04. The molecule has 0 unspecified atom stereocenters. The number of methoxy groups -OCH3 is 1. The Morgan fingerprint density at radius 1 is 1.43 bits per heavy atom. The first-order chi connectivity index (χ1) is 11.2. The summed E-state index contributed by atoms with van der Waals surface area (Å²) in [5, 5.41) is 10.1. The van der Waals surface area contributed by atoms with E-state index in [1.54, 1.807) is 13.3 Å². The third-order valence-corrected chi connectivity index (χ3v) is 4.75. The van der Waals surface area contributed by atoms with Crippen molar-refractivity contribution in [2.75, 3.05) is 26.8 Å². The van der Waals surface area contributed by atoms with Crippen molar-refractivity contribution >= 4 is 16.7 Å². The van der Waals surface area contributed by atoms with Crippen LogP contribution in [0.25, 0.3) is 10.9 Å². The van der Waals surface area contributed by atoms with Crippen LogP contribution < -0.4 is 4.74 Å². The van der Waals surface area contributed by atoms with Gasteiger partial charge in [-0.05, 0) is 44.0 Å². The molecule has 2 aromatic rings. The number of fused-ring (bicyclic) bond motifs is 1. The molecular weight excluding hydrogens is 292 g/mol. The summed E-state index contributed by atoms with van der Waals surface area (Å²) < 4.78 is 5.26. The van der Waals surface area contributed by atoms with Crippen LogP contribution in [0.5, 0.6) is 5.75 Å². The number of rotatable bonds is 6. The highest BCUT2D eigenvalue weighted by Crippen LogP contribution is 2.25. The Morgan fingerprint density at radius 2 is 2.30 bits per heavy atom. The van der Waals surface area contributed by atoms with E-state index >= 15 is 0 Å². The Balaban J connectivity index is 1.79. The number of Topliss-reactive ketones (excluding diaryl/α,β-unsaturated/α-hetero) is 1. The number of ketones is 1. The number of aromatic amines is 1. The first-order valence-electron chi connectivity index (χ1n) is 8.26. The van der Waals surface area contributed by atoms with Crippen molar-refractivity contribution in [2.24, 2.45) is 0 Å². The Bertz CT molecular complexity index is 678. The monoisotopic (exact) mass is 316 g/mol. The van der Waals surface area contributed by atoms with E-state index in [2.05, 4.69) is 9.88 Å². The van der Waals surface area contributed by atoms with Crippen molar-refractivity contribution in [3.63, 3.8) is 0 Å². The van der Waals surface area contributed by atoms with Gasteiger partial charge >= 0.3 is 0 Å². The number of hydrogen-bond acceptors (Lipinski definition) is 4. The van der Waals surface area contributed by atoms with E-state index in [9.17, 15) is 9.90 Å². The zero-order valence-electron chi connectivity index (χ0n) is 13.5. The highest BCUT2D eigenvalue weighted by atomic mass is 16.5. The zero-order chi connectivity index (χ0) is 16.2. The minimum Gasteiger partial charge on any atom is -0.497 e. The summed E-state index contributed by atoms with van der Waals surface area (Å²) in [6.45, 7) is 1.52. The van der Waals surface area contributed by atoms with Gasteiger partial charge in [0.2, 0.25) is 0 Å². The standard InChI is InChI=1S/C18H24N2O3/c1-23-14-5-6-17-15(10-14)16(11-19-17)18(22)12-20-8-3-2-4-13(20)7-9-21/h5-6,10-11,13,19,21H,2-4,7-9,12H2,1H3/t13-/m0/s1. The molecule has 0 spiro atoms. The molecule has 1 fully saturated rings. The largest absolute Gasteiger partial charge is 0.497 e. The maximum Gasteiger partial charge on any atom is 0.178 e. The quantitative estimate of drug-likeness (QED) is 0.804. The van der Waals surface area contributed by atoms with Crippen LogP contribution in [-0.4, -0.2) is 53.6 Å². The van der Waals surface area contributed by atoms with E-state index < -0.39 is 0 Å². The van der Waals surface area contributed by atoms with Crippen LogP contribution >= 0.6 is 0 Å². The van der Waals surface area contributed by atoms with Gasteiger partial charge in [-0.3, -0.25) is 9.69 Å². The van der Waals surface area contributed by atoms with Crippen molar-refractivity contribution < 1.29 is 14.6 Å².